The van der Waals surface area contributed by atoms with Crippen LogP contribution >= 0.6 is 0 Å². The van der Waals surface area contributed by atoms with Gasteiger partial charge in [0.15, 0.2) is 0 Å². The molecule has 0 aliphatic heterocycles. The van der Waals surface area contributed by atoms with Crippen molar-refractivity contribution in [1.82, 2.24) is 5.32 Å². The molecule has 0 saturated carbocycles. The molecule has 25 heavy (non-hydrogen) atoms. The molecule has 0 fully saturated rings. The van der Waals surface area contributed by atoms with E-state index >= 15 is 0 Å². The molecule has 0 heterocycles. The van der Waals surface area contributed by atoms with E-state index in [0.717, 1.165) is 18.4 Å². The SMILES string of the molecule is CCC[C@H](C)NC(=O)c1cccc(S(=O)(=O)Nc2cccc(C)c2)c1. The summed E-state index contributed by atoms with van der Waals surface area (Å²) in [6.07, 6.45) is 1.84. The maximum absolute atomic E-state index is 12.6. The number of rotatable bonds is 7. The van der Waals surface area contributed by atoms with E-state index in [2.05, 4.69) is 10.0 Å². The van der Waals surface area contributed by atoms with Gasteiger partial charge in [0, 0.05) is 17.3 Å². The normalized spacial score (nSPS) is 12.4. The molecule has 5 nitrogen and oxygen atoms in total. The molecule has 0 aliphatic carbocycles. The zero-order valence-corrected chi connectivity index (χ0v) is 15.6. The van der Waals surface area contributed by atoms with Crippen molar-refractivity contribution < 1.29 is 13.2 Å². The van der Waals surface area contributed by atoms with E-state index in [1.54, 1.807) is 30.3 Å². The van der Waals surface area contributed by atoms with E-state index in [1.807, 2.05) is 26.8 Å². The van der Waals surface area contributed by atoms with E-state index in [1.165, 1.54) is 12.1 Å². The van der Waals surface area contributed by atoms with Crippen molar-refractivity contribution in [2.75, 3.05) is 4.72 Å². The van der Waals surface area contributed by atoms with Gasteiger partial charge in [-0.15, -0.1) is 0 Å². The van der Waals surface area contributed by atoms with Crippen LogP contribution in [0, 0.1) is 6.92 Å². The number of benzene rings is 2. The smallest absolute Gasteiger partial charge is 0.261 e. The summed E-state index contributed by atoms with van der Waals surface area (Å²) < 4.78 is 27.7. The molecule has 1 atom stereocenters. The minimum Gasteiger partial charge on any atom is -0.350 e. The van der Waals surface area contributed by atoms with E-state index < -0.39 is 10.0 Å². The summed E-state index contributed by atoms with van der Waals surface area (Å²) in [5.74, 6) is -0.270. The average Bonchev–Trinajstić information content (AvgIpc) is 2.54. The van der Waals surface area contributed by atoms with Crippen molar-refractivity contribution in [3.8, 4) is 0 Å². The molecule has 0 aliphatic rings. The van der Waals surface area contributed by atoms with Crippen LogP contribution < -0.4 is 10.0 Å². The molecule has 0 saturated heterocycles. The fourth-order valence-electron chi connectivity index (χ4n) is 2.54. The number of carbonyl (C=O) groups is 1. The molecular formula is C19H24N2O3S. The average molecular weight is 360 g/mol. The molecule has 0 unspecified atom stereocenters. The van der Waals surface area contributed by atoms with Crippen molar-refractivity contribution in [3.05, 3.63) is 59.7 Å². The van der Waals surface area contributed by atoms with E-state index in [-0.39, 0.29) is 16.8 Å². The summed E-state index contributed by atoms with van der Waals surface area (Å²) in [4.78, 5) is 12.3. The van der Waals surface area contributed by atoms with Crippen LogP contribution in [0.25, 0.3) is 0 Å². The fraction of sp³-hybridized carbons (Fsp3) is 0.316. The minimum absolute atomic E-state index is 0.0446. The number of carbonyl (C=O) groups excluding carboxylic acids is 1. The third-order valence-electron chi connectivity index (χ3n) is 3.78. The lowest BCUT2D eigenvalue weighted by molar-refractivity contribution is 0.0938. The second kappa shape index (κ2) is 8.16. The Hall–Kier alpha value is -2.34. The summed E-state index contributed by atoms with van der Waals surface area (Å²) in [7, 11) is -3.75. The molecule has 2 N–H and O–H groups in total. The first kappa shape index (κ1) is 19.0. The summed E-state index contributed by atoms with van der Waals surface area (Å²) in [5.41, 5.74) is 1.78. The van der Waals surface area contributed by atoms with Crippen LogP contribution in [0.1, 0.15) is 42.6 Å². The fourth-order valence-corrected chi connectivity index (χ4v) is 3.63. The van der Waals surface area contributed by atoms with Gasteiger partial charge < -0.3 is 5.32 Å². The third kappa shape index (κ3) is 5.32. The Labute approximate surface area is 149 Å². The first-order valence-corrected chi connectivity index (χ1v) is 9.80. The van der Waals surface area contributed by atoms with Crippen LogP contribution in [0.2, 0.25) is 0 Å². The van der Waals surface area contributed by atoms with Crippen molar-refractivity contribution >= 4 is 21.6 Å². The lowest BCUT2D eigenvalue weighted by Gasteiger charge is -2.13. The zero-order valence-electron chi connectivity index (χ0n) is 14.7. The molecule has 2 aromatic rings. The molecule has 0 spiro atoms. The predicted molar refractivity (Wildman–Crippen MR) is 100 cm³/mol. The van der Waals surface area contributed by atoms with Gasteiger partial charge in [-0.1, -0.05) is 31.5 Å². The molecule has 0 aromatic heterocycles. The number of aryl methyl sites for hydroxylation is 1. The van der Waals surface area contributed by atoms with Crippen LogP contribution in [0.15, 0.2) is 53.4 Å². The Balaban J connectivity index is 2.20. The Kier molecular flexibility index (Phi) is 6.20. The topological polar surface area (TPSA) is 75.3 Å². The van der Waals surface area contributed by atoms with Crippen LogP contribution in [0.4, 0.5) is 5.69 Å². The maximum Gasteiger partial charge on any atom is 0.261 e. The van der Waals surface area contributed by atoms with Gasteiger partial charge in [-0.25, -0.2) is 8.42 Å². The molecule has 134 valence electrons. The number of hydrogen-bond acceptors (Lipinski definition) is 3. The molecule has 2 rings (SSSR count). The summed E-state index contributed by atoms with van der Waals surface area (Å²) in [6.45, 7) is 5.87. The second-order valence-electron chi connectivity index (χ2n) is 6.17. The highest BCUT2D eigenvalue weighted by atomic mass is 32.2. The molecular weight excluding hydrogens is 336 g/mol. The maximum atomic E-state index is 12.6. The summed E-state index contributed by atoms with van der Waals surface area (Å²) in [6, 6.07) is 13.2. The highest BCUT2D eigenvalue weighted by molar-refractivity contribution is 7.92. The number of hydrogen-bond donors (Lipinski definition) is 2. The van der Waals surface area contributed by atoms with E-state index in [9.17, 15) is 13.2 Å². The molecule has 0 radical (unpaired) electrons. The van der Waals surface area contributed by atoms with Crippen molar-refractivity contribution in [1.29, 1.82) is 0 Å². The highest BCUT2D eigenvalue weighted by Crippen LogP contribution is 2.18. The third-order valence-corrected chi connectivity index (χ3v) is 5.15. The number of amides is 1. The summed E-state index contributed by atoms with van der Waals surface area (Å²) in [5, 5.41) is 2.88. The predicted octanol–water partition coefficient (Wildman–Crippen LogP) is 3.71. The Morgan fingerprint density at radius 2 is 1.84 bits per heavy atom. The van der Waals surface area contributed by atoms with Crippen LogP contribution in [-0.4, -0.2) is 20.4 Å². The lowest BCUT2D eigenvalue weighted by Crippen LogP contribution is -2.32. The van der Waals surface area contributed by atoms with E-state index in [4.69, 9.17) is 0 Å². The van der Waals surface area contributed by atoms with Gasteiger partial charge in [-0.3, -0.25) is 9.52 Å². The Morgan fingerprint density at radius 1 is 1.12 bits per heavy atom. The van der Waals surface area contributed by atoms with Gasteiger partial charge >= 0.3 is 0 Å². The molecule has 6 heteroatoms. The first-order chi connectivity index (χ1) is 11.8. The van der Waals surface area contributed by atoms with Gasteiger partial charge in [-0.2, -0.15) is 0 Å². The van der Waals surface area contributed by atoms with Crippen molar-refractivity contribution in [2.24, 2.45) is 0 Å². The first-order valence-electron chi connectivity index (χ1n) is 8.32. The second-order valence-corrected chi connectivity index (χ2v) is 7.85. The van der Waals surface area contributed by atoms with Gasteiger partial charge in [0.05, 0.1) is 4.90 Å². The monoisotopic (exact) mass is 360 g/mol. The largest absolute Gasteiger partial charge is 0.350 e. The number of sulfonamides is 1. The number of anilines is 1. The quantitative estimate of drug-likeness (QED) is 0.790. The van der Waals surface area contributed by atoms with Crippen molar-refractivity contribution in [2.45, 2.75) is 44.6 Å². The Morgan fingerprint density at radius 3 is 2.52 bits per heavy atom. The van der Waals surface area contributed by atoms with Crippen LogP contribution in [-0.2, 0) is 10.0 Å². The van der Waals surface area contributed by atoms with Gasteiger partial charge in [0.25, 0.3) is 15.9 Å². The molecule has 2 aromatic carbocycles. The van der Waals surface area contributed by atoms with E-state index in [0.29, 0.717) is 11.3 Å². The lowest BCUT2D eigenvalue weighted by atomic mass is 10.1. The van der Waals surface area contributed by atoms with Crippen molar-refractivity contribution in [3.63, 3.8) is 0 Å². The van der Waals surface area contributed by atoms with Gasteiger partial charge in [-0.05, 0) is 56.2 Å². The highest BCUT2D eigenvalue weighted by Gasteiger charge is 2.17. The zero-order chi connectivity index (χ0) is 18.4. The van der Waals surface area contributed by atoms with Gasteiger partial charge in [0.1, 0.15) is 0 Å². The minimum atomic E-state index is -3.75. The number of nitrogens with one attached hydrogen (secondary N) is 2. The van der Waals surface area contributed by atoms with Gasteiger partial charge in [0.2, 0.25) is 0 Å². The standard InChI is InChI=1S/C19H24N2O3S/c1-4-7-15(3)20-19(22)16-9-6-11-18(13-16)25(23,24)21-17-10-5-8-14(2)12-17/h5-6,8-13,15,21H,4,7H2,1-3H3,(H,20,22)/t15-/m0/s1. The Bertz CT molecular complexity index is 847. The molecule has 0 bridgehead atoms. The van der Waals surface area contributed by atoms with Crippen LogP contribution in [0.5, 0.6) is 0 Å². The molecule has 1 amide bonds. The van der Waals surface area contributed by atoms with Crippen LogP contribution in [0.3, 0.4) is 0 Å². The summed E-state index contributed by atoms with van der Waals surface area (Å²) >= 11 is 0.